The van der Waals surface area contributed by atoms with Crippen molar-refractivity contribution in [2.45, 2.75) is 19.0 Å². The maximum atomic E-state index is 12.8. The van der Waals surface area contributed by atoms with Crippen LogP contribution in [-0.4, -0.2) is 32.6 Å². The van der Waals surface area contributed by atoms with Crippen molar-refractivity contribution in [1.29, 1.82) is 0 Å². The van der Waals surface area contributed by atoms with Crippen LogP contribution in [0.25, 0.3) is 5.69 Å². The molecule has 0 radical (unpaired) electrons. The third kappa shape index (κ3) is 3.91. The van der Waals surface area contributed by atoms with E-state index in [4.69, 9.17) is 4.74 Å². The lowest BCUT2D eigenvalue weighted by molar-refractivity contribution is 0.343. The molecule has 0 bridgehead atoms. The SMILES string of the molecule is Cc1ccc(C)c(-n2nnnc2SCCOc2ccc(F)cc2)c1. The van der Waals surface area contributed by atoms with Gasteiger partial charge in [0, 0.05) is 5.75 Å². The molecule has 124 valence electrons. The molecule has 2 aromatic carbocycles. The molecule has 0 aliphatic rings. The van der Waals surface area contributed by atoms with Crippen molar-refractivity contribution in [3.63, 3.8) is 0 Å². The molecule has 5 nitrogen and oxygen atoms in total. The summed E-state index contributed by atoms with van der Waals surface area (Å²) in [4.78, 5) is 0. The van der Waals surface area contributed by atoms with Crippen LogP contribution in [0.3, 0.4) is 0 Å². The number of aryl methyl sites for hydroxylation is 2. The molecule has 0 saturated carbocycles. The molecule has 0 aliphatic carbocycles. The van der Waals surface area contributed by atoms with Crippen LogP contribution in [-0.2, 0) is 0 Å². The van der Waals surface area contributed by atoms with Gasteiger partial charge in [0.05, 0.1) is 12.3 Å². The molecule has 1 heterocycles. The first kappa shape index (κ1) is 16.4. The fourth-order valence-electron chi connectivity index (χ4n) is 2.19. The summed E-state index contributed by atoms with van der Waals surface area (Å²) in [5.74, 6) is 1.05. The highest BCUT2D eigenvalue weighted by Crippen LogP contribution is 2.21. The summed E-state index contributed by atoms with van der Waals surface area (Å²) >= 11 is 1.51. The van der Waals surface area contributed by atoms with E-state index in [0.29, 0.717) is 23.3 Å². The van der Waals surface area contributed by atoms with E-state index in [1.54, 1.807) is 16.8 Å². The normalized spacial score (nSPS) is 10.8. The number of thioether (sulfide) groups is 1. The van der Waals surface area contributed by atoms with Gasteiger partial charge in [-0.05, 0) is 65.7 Å². The van der Waals surface area contributed by atoms with Crippen molar-refractivity contribution in [2.24, 2.45) is 0 Å². The smallest absolute Gasteiger partial charge is 0.214 e. The second-order valence-corrected chi connectivity index (χ2v) is 6.38. The Balaban J connectivity index is 1.62. The van der Waals surface area contributed by atoms with Crippen molar-refractivity contribution < 1.29 is 9.13 Å². The first-order chi connectivity index (χ1) is 11.6. The highest BCUT2D eigenvalue weighted by atomic mass is 32.2. The van der Waals surface area contributed by atoms with Crippen molar-refractivity contribution in [3.8, 4) is 11.4 Å². The second-order valence-electron chi connectivity index (χ2n) is 5.31. The van der Waals surface area contributed by atoms with Gasteiger partial charge in [-0.25, -0.2) is 4.39 Å². The van der Waals surface area contributed by atoms with E-state index in [2.05, 4.69) is 33.7 Å². The minimum Gasteiger partial charge on any atom is -0.493 e. The Morgan fingerprint density at radius 3 is 2.71 bits per heavy atom. The fraction of sp³-hybridized carbons (Fsp3) is 0.235. The van der Waals surface area contributed by atoms with Crippen LogP contribution in [0, 0.1) is 19.7 Å². The zero-order chi connectivity index (χ0) is 16.9. The monoisotopic (exact) mass is 344 g/mol. The molecule has 24 heavy (non-hydrogen) atoms. The third-order valence-electron chi connectivity index (χ3n) is 3.43. The molecule has 0 N–H and O–H groups in total. The molecule has 1 aromatic heterocycles. The summed E-state index contributed by atoms with van der Waals surface area (Å²) in [6, 6.07) is 12.2. The Labute approximate surface area is 143 Å². The van der Waals surface area contributed by atoms with Gasteiger partial charge in [-0.2, -0.15) is 4.68 Å². The lowest BCUT2D eigenvalue weighted by Gasteiger charge is -2.09. The Morgan fingerprint density at radius 1 is 1.12 bits per heavy atom. The van der Waals surface area contributed by atoms with Crippen molar-refractivity contribution in [1.82, 2.24) is 20.2 Å². The molecule has 0 atom stereocenters. The van der Waals surface area contributed by atoms with E-state index in [9.17, 15) is 4.39 Å². The number of ether oxygens (including phenoxy) is 1. The van der Waals surface area contributed by atoms with Crippen molar-refractivity contribution in [2.75, 3.05) is 12.4 Å². The van der Waals surface area contributed by atoms with Crippen LogP contribution >= 0.6 is 11.8 Å². The van der Waals surface area contributed by atoms with Gasteiger partial charge < -0.3 is 4.74 Å². The molecule has 3 rings (SSSR count). The first-order valence-electron chi connectivity index (χ1n) is 7.50. The summed E-state index contributed by atoms with van der Waals surface area (Å²) in [5, 5.41) is 12.7. The van der Waals surface area contributed by atoms with Crippen LogP contribution in [0.5, 0.6) is 5.75 Å². The number of nitrogens with zero attached hydrogens (tertiary/aromatic N) is 4. The maximum Gasteiger partial charge on any atom is 0.214 e. The average molecular weight is 344 g/mol. The Hall–Kier alpha value is -2.41. The third-order valence-corrected chi connectivity index (χ3v) is 4.31. The van der Waals surface area contributed by atoms with Crippen LogP contribution in [0.1, 0.15) is 11.1 Å². The van der Waals surface area contributed by atoms with Gasteiger partial charge in [-0.3, -0.25) is 0 Å². The van der Waals surface area contributed by atoms with E-state index in [1.165, 1.54) is 23.9 Å². The molecule has 0 unspecified atom stereocenters. The van der Waals surface area contributed by atoms with Crippen molar-refractivity contribution in [3.05, 3.63) is 59.4 Å². The average Bonchev–Trinajstić information content (AvgIpc) is 3.04. The van der Waals surface area contributed by atoms with Crippen LogP contribution in [0.2, 0.25) is 0 Å². The Kier molecular flexibility index (Phi) is 5.10. The molecular weight excluding hydrogens is 327 g/mol. The molecule has 0 spiro atoms. The summed E-state index contributed by atoms with van der Waals surface area (Å²) in [7, 11) is 0. The predicted molar refractivity (Wildman–Crippen MR) is 91.2 cm³/mol. The van der Waals surface area contributed by atoms with E-state index in [1.807, 2.05) is 13.8 Å². The highest BCUT2D eigenvalue weighted by molar-refractivity contribution is 7.99. The highest BCUT2D eigenvalue weighted by Gasteiger charge is 2.11. The standard InChI is InChI=1S/C17H17FN4OS/c1-12-3-4-13(2)16(11-12)22-17(19-20-21-22)24-10-9-23-15-7-5-14(18)6-8-15/h3-8,11H,9-10H2,1-2H3. The van der Waals surface area contributed by atoms with Crippen molar-refractivity contribution >= 4 is 11.8 Å². The predicted octanol–water partition coefficient (Wildman–Crippen LogP) is 3.59. The number of rotatable bonds is 6. The van der Waals surface area contributed by atoms with Gasteiger partial charge in [-0.15, -0.1) is 5.10 Å². The molecular formula is C17H17FN4OS. The summed E-state index contributed by atoms with van der Waals surface area (Å²) in [6.07, 6.45) is 0. The maximum absolute atomic E-state index is 12.8. The number of hydrogen-bond donors (Lipinski definition) is 0. The zero-order valence-electron chi connectivity index (χ0n) is 13.4. The van der Waals surface area contributed by atoms with E-state index in [0.717, 1.165) is 16.8 Å². The van der Waals surface area contributed by atoms with Gasteiger partial charge in [-0.1, -0.05) is 23.9 Å². The lowest BCUT2D eigenvalue weighted by Crippen LogP contribution is -2.04. The minimum absolute atomic E-state index is 0.274. The topological polar surface area (TPSA) is 52.8 Å². The van der Waals surface area contributed by atoms with Gasteiger partial charge >= 0.3 is 0 Å². The number of halogens is 1. The molecule has 7 heteroatoms. The van der Waals surface area contributed by atoms with Gasteiger partial charge in [0.25, 0.3) is 0 Å². The number of hydrogen-bond acceptors (Lipinski definition) is 5. The molecule has 0 aliphatic heterocycles. The van der Waals surface area contributed by atoms with E-state index >= 15 is 0 Å². The molecule has 0 fully saturated rings. The van der Waals surface area contributed by atoms with Gasteiger partial charge in [0.15, 0.2) is 0 Å². The fourth-order valence-corrected chi connectivity index (χ4v) is 2.89. The largest absolute Gasteiger partial charge is 0.493 e. The Bertz CT molecular complexity index is 820. The quantitative estimate of drug-likeness (QED) is 0.505. The van der Waals surface area contributed by atoms with Gasteiger partial charge in [0.2, 0.25) is 5.16 Å². The molecule has 3 aromatic rings. The van der Waals surface area contributed by atoms with Gasteiger partial charge in [0.1, 0.15) is 11.6 Å². The molecule has 0 saturated heterocycles. The lowest BCUT2D eigenvalue weighted by atomic mass is 10.1. The van der Waals surface area contributed by atoms with Crippen LogP contribution in [0.4, 0.5) is 4.39 Å². The van der Waals surface area contributed by atoms with E-state index in [-0.39, 0.29) is 5.82 Å². The minimum atomic E-state index is -0.274. The molecule has 0 amide bonds. The second kappa shape index (κ2) is 7.44. The number of aromatic nitrogens is 4. The number of benzene rings is 2. The van der Waals surface area contributed by atoms with Crippen LogP contribution in [0.15, 0.2) is 47.6 Å². The van der Waals surface area contributed by atoms with Crippen LogP contribution < -0.4 is 4.74 Å². The zero-order valence-corrected chi connectivity index (χ0v) is 14.3. The summed E-state index contributed by atoms with van der Waals surface area (Å²) < 4.78 is 20.2. The Morgan fingerprint density at radius 2 is 1.92 bits per heavy atom. The summed E-state index contributed by atoms with van der Waals surface area (Å²) in [5.41, 5.74) is 3.24. The summed E-state index contributed by atoms with van der Waals surface area (Å²) in [6.45, 7) is 4.55. The van der Waals surface area contributed by atoms with E-state index < -0.39 is 0 Å². The first-order valence-corrected chi connectivity index (χ1v) is 8.49. The number of tetrazole rings is 1.